The average molecular weight is 539 g/mol. The van der Waals surface area contributed by atoms with Crippen LogP contribution in [0, 0.1) is 0 Å². The molecule has 1 aliphatic rings. The number of ether oxygens (including phenoxy) is 2. The van der Waals surface area contributed by atoms with E-state index in [1.54, 1.807) is 14.2 Å². The van der Waals surface area contributed by atoms with Gasteiger partial charge in [0, 0.05) is 17.0 Å². The number of halogens is 1. The first-order chi connectivity index (χ1) is 16.5. The van der Waals surface area contributed by atoms with Crippen molar-refractivity contribution in [2.75, 3.05) is 25.7 Å². The minimum Gasteiger partial charge on any atom is -0.496 e. The number of thioether (sulfide) groups is 1. The van der Waals surface area contributed by atoms with Gasteiger partial charge in [-0.15, -0.1) is 0 Å². The molecule has 1 heterocycles. The average Bonchev–Trinajstić information content (AvgIpc) is 2.85. The smallest absolute Gasteiger partial charge is 0.265 e. The Bertz CT molecular complexity index is 1260. The van der Waals surface area contributed by atoms with Gasteiger partial charge in [-0.3, -0.25) is 14.5 Å². The van der Waals surface area contributed by atoms with Crippen LogP contribution in [-0.2, 0) is 16.1 Å². The fourth-order valence-corrected chi connectivity index (χ4v) is 5.20. The summed E-state index contributed by atoms with van der Waals surface area (Å²) in [4.78, 5) is 29.2. The Hall–Kier alpha value is -3.23. The molecule has 0 bridgehead atoms. The van der Waals surface area contributed by atoms with E-state index in [1.807, 2.05) is 72.8 Å². The molecule has 174 valence electrons. The van der Waals surface area contributed by atoms with Gasteiger partial charge < -0.3 is 14.8 Å². The molecule has 3 aromatic carbocycles. The van der Waals surface area contributed by atoms with Crippen molar-refractivity contribution in [1.29, 1.82) is 0 Å². The molecule has 0 saturated carbocycles. The zero-order valence-corrected chi connectivity index (χ0v) is 21.1. The molecule has 0 unspecified atom stereocenters. The third-order valence-electron chi connectivity index (χ3n) is 5.28. The van der Waals surface area contributed by atoms with Gasteiger partial charge in [0.05, 0.1) is 29.3 Å². The molecule has 0 atom stereocenters. The Morgan fingerprint density at radius 1 is 1.03 bits per heavy atom. The van der Waals surface area contributed by atoms with Crippen LogP contribution in [0.1, 0.15) is 11.1 Å². The topological polar surface area (TPSA) is 67.9 Å². The summed E-state index contributed by atoms with van der Waals surface area (Å²) >= 11 is 4.88. The van der Waals surface area contributed by atoms with E-state index in [0.29, 0.717) is 22.9 Å². The third-order valence-corrected chi connectivity index (χ3v) is 6.97. The molecule has 34 heavy (non-hydrogen) atoms. The molecule has 4 rings (SSSR count). The lowest BCUT2D eigenvalue weighted by Crippen LogP contribution is -2.42. The van der Waals surface area contributed by atoms with E-state index in [0.717, 1.165) is 26.2 Å². The lowest BCUT2D eigenvalue weighted by molar-refractivity contribution is -0.122. The number of anilines is 1. The van der Waals surface area contributed by atoms with Gasteiger partial charge in [0.25, 0.3) is 5.91 Å². The van der Waals surface area contributed by atoms with Gasteiger partial charge >= 0.3 is 0 Å². The van der Waals surface area contributed by atoms with E-state index >= 15 is 0 Å². The van der Waals surface area contributed by atoms with Gasteiger partial charge in [-0.05, 0) is 57.9 Å². The summed E-state index contributed by atoms with van der Waals surface area (Å²) < 4.78 is 11.4. The number of methoxy groups -OCH3 is 2. The van der Waals surface area contributed by atoms with E-state index in [2.05, 4.69) is 21.2 Å². The number of fused-ring (bicyclic) bond motifs is 1. The highest BCUT2D eigenvalue weighted by molar-refractivity contribution is 9.10. The molecule has 0 aromatic heterocycles. The number of nitrogens with one attached hydrogen (secondary N) is 1. The maximum Gasteiger partial charge on any atom is 0.265 e. The standard InChI is InChI=1S/C26H23BrN2O4S/c1-32-21-9-5-3-7-18(21)15-28-25(30)16-29-20-8-4-6-10-23(20)34-24(26(29)31)14-17-11-12-22(33-2)19(27)13-17/h3-14H,15-16H2,1-2H3,(H,28,30). The third kappa shape index (κ3) is 5.29. The molecule has 0 radical (unpaired) electrons. The number of hydrogen-bond acceptors (Lipinski definition) is 5. The van der Waals surface area contributed by atoms with Crippen molar-refractivity contribution in [2.24, 2.45) is 0 Å². The zero-order valence-electron chi connectivity index (χ0n) is 18.7. The summed E-state index contributed by atoms with van der Waals surface area (Å²) in [5.41, 5.74) is 2.44. The van der Waals surface area contributed by atoms with Gasteiger partial charge in [-0.1, -0.05) is 48.2 Å². The number of para-hydroxylation sites is 2. The summed E-state index contributed by atoms with van der Waals surface area (Å²) in [5, 5.41) is 2.90. The van der Waals surface area contributed by atoms with Crippen LogP contribution in [0.5, 0.6) is 11.5 Å². The number of nitrogens with zero attached hydrogens (tertiary/aromatic N) is 1. The van der Waals surface area contributed by atoms with Crippen LogP contribution in [0.4, 0.5) is 5.69 Å². The number of carbonyl (C=O) groups excluding carboxylic acids is 2. The van der Waals surface area contributed by atoms with Gasteiger partial charge in [-0.2, -0.15) is 0 Å². The second kappa shape index (κ2) is 10.8. The maximum atomic E-state index is 13.4. The van der Waals surface area contributed by atoms with Crippen molar-refractivity contribution >= 4 is 51.3 Å². The Kier molecular flexibility index (Phi) is 7.59. The monoisotopic (exact) mass is 538 g/mol. The minimum absolute atomic E-state index is 0.0881. The summed E-state index contributed by atoms with van der Waals surface area (Å²) in [5.74, 6) is 0.938. The number of benzene rings is 3. The summed E-state index contributed by atoms with van der Waals surface area (Å²) in [6, 6.07) is 20.7. The highest BCUT2D eigenvalue weighted by Gasteiger charge is 2.30. The van der Waals surface area contributed by atoms with E-state index < -0.39 is 0 Å². The minimum atomic E-state index is -0.257. The van der Waals surface area contributed by atoms with E-state index in [9.17, 15) is 9.59 Å². The lowest BCUT2D eigenvalue weighted by Gasteiger charge is -2.29. The predicted molar refractivity (Wildman–Crippen MR) is 138 cm³/mol. The molecule has 1 N–H and O–H groups in total. The van der Waals surface area contributed by atoms with Gasteiger partial charge in [0.1, 0.15) is 18.0 Å². The summed E-state index contributed by atoms with van der Waals surface area (Å²) in [6.45, 7) is 0.221. The first kappa shape index (κ1) is 23.9. The van der Waals surface area contributed by atoms with Crippen LogP contribution in [-0.4, -0.2) is 32.6 Å². The normalized spacial score (nSPS) is 14.0. The van der Waals surface area contributed by atoms with Crippen LogP contribution in [0.2, 0.25) is 0 Å². The van der Waals surface area contributed by atoms with Crippen molar-refractivity contribution in [3.63, 3.8) is 0 Å². The largest absolute Gasteiger partial charge is 0.496 e. The zero-order chi connectivity index (χ0) is 24.1. The fourth-order valence-electron chi connectivity index (χ4n) is 3.59. The van der Waals surface area contributed by atoms with Crippen molar-refractivity contribution in [1.82, 2.24) is 5.32 Å². The fraction of sp³-hybridized carbons (Fsp3) is 0.154. The van der Waals surface area contributed by atoms with Crippen molar-refractivity contribution in [2.45, 2.75) is 11.4 Å². The van der Waals surface area contributed by atoms with Crippen molar-refractivity contribution < 1.29 is 19.1 Å². The first-order valence-corrected chi connectivity index (χ1v) is 12.1. The molecule has 2 amide bonds. The van der Waals surface area contributed by atoms with Crippen LogP contribution in [0.25, 0.3) is 6.08 Å². The van der Waals surface area contributed by atoms with Crippen LogP contribution < -0.4 is 19.7 Å². The first-order valence-electron chi connectivity index (χ1n) is 10.5. The number of carbonyl (C=O) groups is 2. The van der Waals surface area contributed by atoms with Gasteiger partial charge in [-0.25, -0.2) is 0 Å². The Morgan fingerprint density at radius 2 is 1.76 bits per heavy atom. The van der Waals surface area contributed by atoms with Crippen molar-refractivity contribution in [3.8, 4) is 11.5 Å². The highest BCUT2D eigenvalue weighted by Crippen LogP contribution is 2.42. The second-order valence-electron chi connectivity index (χ2n) is 7.45. The Balaban J connectivity index is 1.55. The Morgan fingerprint density at radius 3 is 2.53 bits per heavy atom. The van der Waals surface area contributed by atoms with Crippen LogP contribution in [0.15, 0.2) is 81.0 Å². The molecule has 0 spiro atoms. The van der Waals surface area contributed by atoms with Gasteiger partial charge in [0.2, 0.25) is 5.91 Å². The highest BCUT2D eigenvalue weighted by atomic mass is 79.9. The maximum absolute atomic E-state index is 13.4. The van der Waals surface area contributed by atoms with E-state index in [-0.39, 0.29) is 18.4 Å². The SMILES string of the molecule is COc1ccc(C=C2Sc3ccccc3N(CC(=O)NCc3ccccc3OC)C2=O)cc1Br. The van der Waals surface area contributed by atoms with E-state index in [4.69, 9.17) is 9.47 Å². The summed E-state index contributed by atoms with van der Waals surface area (Å²) in [7, 11) is 3.20. The molecule has 0 aliphatic carbocycles. The van der Waals surface area contributed by atoms with E-state index in [1.165, 1.54) is 16.7 Å². The molecule has 3 aromatic rings. The molecule has 8 heteroatoms. The molecule has 0 saturated heterocycles. The number of rotatable bonds is 7. The lowest BCUT2D eigenvalue weighted by atomic mass is 10.2. The second-order valence-corrected chi connectivity index (χ2v) is 9.39. The number of hydrogen-bond donors (Lipinski definition) is 1. The van der Waals surface area contributed by atoms with Crippen molar-refractivity contribution in [3.05, 3.63) is 87.2 Å². The number of amides is 2. The Labute approximate surface area is 211 Å². The van der Waals surface area contributed by atoms with Crippen LogP contribution in [0.3, 0.4) is 0 Å². The quantitative estimate of drug-likeness (QED) is 0.415. The van der Waals surface area contributed by atoms with Gasteiger partial charge in [0.15, 0.2) is 0 Å². The summed E-state index contributed by atoms with van der Waals surface area (Å²) in [6.07, 6.45) is 1.83. The molecule has 0 fully saturated rings. The molecule has 1 aliphatic heterocycles. The van der Waals surface area contributed by atoms with Crippen LogP contribution >= 0.6 is 27.7 Å². The molecular weight excluding hydrogens is 516 g/mol. The predicted octanol–water partition coefficient (Wildman–Crippen LogP) is 5.26. The molecule has 6 nitrogen and oxygen atoms in total. The molecular formula is C26H23BrN2O4S.